The van der Waals surface area contributed by atoms with Gasteiger partial charge < -0.3 is 5.73 Å². The van der Waals surface area contributed by atoms with Gasteiger partial charge in [0.05, 0.1) is 0 Å². The molecule has 7 heavy (non-hydrogen) atoms. The molecule has 0 aliphatic carbocycles. The van der Waals surface area contributed by atoms with Crippen LogP contribution in [0.2, 0.25) is 0 Å². The van der Waals surface area contributed by atoms with Gasteiger partial charge in [0.2, 0.25) is 0 Å². The molecule has 0 atom stereocenters. The molecule has 40 valence electrons. The standard InChI is InChI=1S/C3H7N3S/c1-2-5-6-3(4)7/h2H,1H3,(H3,4,6,7). The molecule has 3 N–H and O–H groups in total. The lowest BCUT2D eigenvalue weighted by atomic mass is 10.9. The molecule has 0 aliphatic heterocycles. The first-order valence-corrected chi connectivity index (χ1v) is 2.21. The summed E-state index contributed by atoms with van der Waals surface area (Å²) in [6, 6.07) is 0. The van der Waals surface area contributed by atoms with E-state index in [0.717, 1.165) is 0 Å². The Balaban J connectivity index is 3.14. The monoisotopic (exact) mass is 117 g/mol. The fourth-order valence-corrected chi connectivity index (χ4v) is 0.181. The summed E-state index contributed by atoms with van der Waals surface area (Å²) in [7, 11) is 0. The van der Waals surface area contributed by atoms with Crippen molar-refractivity contribution in [3.8, 4) is 0 Å². The minimum atomic E-state index is 0.193. The minimum Gasteiger partial charge on any atom is -0.375 e. The van der Waals surface area contributed by atoms with Gasteiger partial charge in [-0.1, -0.05) is 0 Å². The highest BCUT2D eigenvalue weighted by atomic mass is 32.1. The molecule has 0 aromatic carbocycles. The smallest absolute Gasteiger partial charge is 0.184 e. The normalized spacial score (nSPS) is 9.29. The Bertz CT molecular complexity index is 88.2. The molecule has 0 bridgehead atoms. The maximum absolute atomic E-state index is 4.99. The lowest BCUT2D eigenvalue weighted by Crippen LogP contribution is -2.23. The summed E-state index contributed by atoms with van der Waals surface area (Å²) in [4.78, 5) is 0. The average Bonchev–Trinajstić information content (AvgIpc) is 1.61. The topological polar surface area (TPSA) is 50.4 Å². The van der Waals surface area contributed by atoms with E-state index in [4.69, 9.17) is 5.73 Å². The second kappa shape index (κ2) is 3.55. The molecular weight excluding hydrogens is 110 g/mol. The lowest BCUT2D eigenvalue weighted by Gasteiger charge is -1.88. The quantitative estimate of drug-likeness (QED) is 0.285. The van der Waals surface area contributed by atoms with Crippen molar-refractivity contribution in [1.82, 2.24) is 5.43 Å². The minimum absolute atomic E-state index is 0.193. The van der Waals surface area contributed by atoms with Crippen LogP contribution in [-0.4, -0.2) is 11.3 Å². The lowest BCUT2D eigenvalue weighted by molar-refractivity contribution is 1.04. The van der Waals surface area contributed by atoms with Gasteiger partial charge in [0.15, 0.2) is 5.11 Å². The molecule has 0 aliphatic rings. The molecule has 0 fully saturated rings. The zero-order valence-corrected chi connectivity index (χ0v) is 4.83. The van der Waals surface area contributed by atoms with Gasteiger partial charge in [-0.05, 0) is 19.1 Å². The summed E-state index contributed by atoms with van der Waals surface area (Å²) < 4.78 is 0. The fraction of sp³-hybridized carbons (Fsp3) is 0.333. The van der Waals surface area contributed by atoms with Crippen molar-refractivity contribution in [2.45, 2.75) is 6.92 Å². The highest BCUT2D eigenvalue weighted by Crippen LogP contribution is 1.55. The van der Waals surface area contributed by atoms with Crippen molar-refractivity contribution in [3.05, 3.63) is 0 Å². The molecule has 3 nitrogen and oxygen atoms in total. The molecule has 0 radical (unpaired) electrons. The van der Waals surface area contributed by atoms with Crippen molar-refractivity contribution in [1.29, 1.82) is 0 Å². The first-order valence-electron chi connectivity index (χ1n) is 1.80. The summed E-state index contributed by atoms with van der Waals surface area (Å²) >= 11 is 4.41. The molecule has 0 heterocycles. The van der Waals surface area contributed by atoms with E-state index in [1.165, 1.54) is 0 Å². The van der Waals surface area contributed by atoms with Crippen LogP contribution in [0.5, 0.6) is 0 Å². The third-order valence-electron chi connectivity index (χ3n) is 0.304. The Morgan fingerprint density at radius 1 is 2.00 bits per heavy atom. The van der Waals surface area contributed by atoms with E-state index in [1.807, 2.05) is 0 Å². The third-order valence-corrected chi connectivity index (χ3v) is 0.395. The number of rotatable bonds is 1. The van der Waals surface area contributed by atoms with Gasteiger partial charge in [-0.3, -0.25) is 5.43 Å². The molecule has 0 saturated heterocycles. The predicted octanol–water partition coefficient (Wildman–Crippen LogP) is -0.175. The van der Waals surface area contributed by atoms with Gasteiger partial charge >= 0.3 is 0 Å². The number of nitrogens with zero attached hydrogens (tertiary/aromatic N) is 1. The van der Waals surface area contributed by atoms with E-state index in [-0.39, 0.29) is 5.11 Å². The second-order valence-corrected chi connectivity index (χ2v) is 1.30. The molecule has 0 rings (SSSR count). The number of nitrogens with two attached hydrogens (primary N) is 1. The molecule has 0 saturated carbocycles. The van der Waals surface area contributed by atoms with Gasteiger partial charge in [-0.25, -0.2) is 0 Å². The maximum atomic E-state index is 4.99. The Kier molecular flexibility index (Phi) is 3.22. The van der Waals surface area contributed by atoms with E-state index in [2.05, 4.69) is 22.7 Å². The molecule has 4 heteroatoms. The zero-order chi connectivity index (χ0) is 5.70. The van der Waals surface area contributed by atoms with Crippen molar-refractivity contribution in [2.24, 2.45) is 10.8 Å². The van der Waals surface area contributed by atoms with E-state index >= 15 is 0 Å². The largest absolute Gasteiger partial charge is 0.375 e. The molecule has 0 amide bonds. The Labute approximate surface area is 47.6 Å². The van der Waals surface area contributed by atoms with Crippen LogP contribution in [0.4, 0.5) is 0 Å². The first-order chi connectivity index (χ1) is 3.27. The van der Waals surface area contributed by atoms with Crippen molar-refractivity contribution in [3.63, 3.8) is 0 Å². The third kappa shape index (κ3) is 5.36. The number of thiocarbonyl (C=S) groups is 1. The van der Waals surface area contributed by atoms with E-state index in [0.29, 0.717) is 0 Å². The Morgan fingerprint density at radius 2 is 2.57 bits per heavy atom. The van der Waals surface area contributed by atoms with E-state index in [9.17, 15) is 0 Å². The van der Waals surface area contributed by atoms with Crippen LogP contribution in [0.3, 0.4) is 0 Å². The van der Waals surface area contributed by atoms with Crippen molar-refractivity contribution in [2.75, 3.05) is 0 Å². The van der Waals surface area contributed by atoms with Crippen LogP contribution in [0.15, 0.2) is 5.10 Å². The Hall–Kier alpha value is -0.640. The molecule has 0 unspecified atom stereocenters. The predicted molar refractivity (Wildman–Crippen MR) is 34.1 cm³/mol. The van der Waals surface area contributed by atoms with Crippen LogP contribution >= 0.6 is 12.2 Å². The van der Waals surface area contributed by atoms with Crippen LogP contribution in [-0.2, 0) is 0 Å². The number of nitrogens with one attached hydrogen (secondary N) is 1. The van der Waals surface area contributed by atoms with Gasteiger partial charge in [-0.2, -0.15) is 5.10 Å². The summed E-state index contributed by atoms with van der Waals surface area (Å²) in [5.41, 5.74) is 7.36. The average molecular weight is 117 g/mol. The van der Waals surface area contributed by atoms with Crippen LogP contribution < -0.4 is 11.2 Å². The van der Waals surface area contributed by atoms with Gasteiger partial charge in [0, 0.05) is 6.21 Å². The Morgan fingerprint density at radius 3 is 2.71 bits per heavy atom. The van der Waals surface area contributed by atoms with Gasteiger partial charge in [0.1, 0.15) is 0 Å². The number of hydrazone groups is 1. The number of hydrogen-bond donors (Lipinski definition) is 2. The van der Waals surface area contributed by atoms with E-state index in [1.54, 1.807) is 13.1 Å². The van der Waals surface area contributed by atoms with Crippen LogP contribution in [0, 0.1) is 0 Å². The first kappa shape index (κ1) is 6.36. The molecular formula is C3H7N3S. The maximum Gasteiger partial charge on any atom is 0.184 e. The zero-order valence-electron chi connectivity index (χ0n) is 4.01. The highest BCUT2D eigenvalue weighted by molar-refractivity contribution is 7.80. The van der Waals surface area contributed by atoms with Gasteiger partial charge in [0.25, 0.3) is 0 Å². The second-order valence-electron chi connectivity index (χ2n) is 0.863. The summed E-state index contributed by atoms with van der Waals surface area (Å²) in [5, 5.41) is 3.72. The van der Waals surface area contributed by atoms with Crippen molar-refractivity contribution >= 4 is 23.5 Å². The van der Waals surface area contributed by atoms with Crippen molar-refractivity contribution < 1.29 is 0 Å². The molecule has 0 aromatic rings. The summed E-state index contributed by atoms with van der Waals surface area (Å²) in [6.45, 7) is 1.77. The molecule has 0 spiro atoms. The SMILES string of the molecule is CC=NNC(N)=S. The van der Waals surface area contributed by atoms with Crippen LogP contribution in [0.25, 0.3) is 0 Å². The van der Waals surface area contributed by atoms with Gasteiger partial charge in [-0.15, -0.1) is 0 Å². The summed E-state index contributed by atoms with van der Waals surface area (Å²) in [6.07, 6.45) is 1.57. The number of hydrogen-bond acceptors (Lipinski definition) is 2. The molecule has 0 aromatic heterocycles. The van der Waals surface area contributed by atoms with E-state index < -0.39 is 0 Å². The fourth-order valence-electron chi connectivity index (χ4n) is 0.128. The van der Waals surface area contributed by atoms with Crippen LogP contribution in [0.1, 0.15) is 6.92 Å². The highest BCUT2D eigenvalue weighted by Gasteiger charge is 1.72. The summed E-state index contributed by atoms with van der Waals surface area (Å²) in [5.74, 6) is 0.